The van der Waals surface area contributed by atoms with Crippen molar-refractivity contribution in [3.63, 3.8) is 0 Å². The zero-order valence-electron chi connectivity index (χ0n) is 15.3. The predicted molar refractivity (Wildman–Crippen MR) is 108 cm³/mol. The molecule has 0 saturated carbocycles. The zero-order valence-corrected chi connectivity index (χ0v) is 16.1. The third-order valence-corrected chi connectivity index (χ3v) is 5.45. The van der Waals surface area contributed by atoms with Crippen LogP contribution < -0.4 is 5.76 Å². The summed E-state index contributed by atoms with van der Waals surface area (Å²) in [6.45, 7) is 1.04. The molecule has 0 atom stereocenters. The van der Waals surface area contributed by atoms with Gasteiger partial charge in [-0.05, 0) is 24.6 Å². The van der Waals surface area contributed by atoms with Crippen LogP contribution in [-0.4, -0.2) is 29.8 Å². The Morgan fingerprint density at radius 1 is 1.17 bits per heavy atom. The lowest BCUT2D eigenvalue weighted by atomic mass is 10.3. The van der Waals surface area contributed by atoms with E-state index in [4.69, 9.17) is 4.42 Å². The van der Waals surface area contributed by atoms with Crippen LogP contribution >= 0.6 is 11.8 Å². The summed E-state index contributed by atoms with van der Waals surface area (Å²) in [7, 11) is 0. The molecule has 1 aromatic carbocycles. The van der Waals surface area contributed by atoms with E-state index in [-0.39, 0.29) is 5.69 Å². The zero-order chi connectivity index (χ0) is 20.2. The number of nitrogens with zero attached hydrogens (tertiary/aromatic N) is 5. The van der Waals surface area contributed by atoms with Gasteiger partial charge in [0.1, 0.15) is 0 Å². The fraction of sp³-hybridized carbons (Fsp3) is 0.211. The van der Waals surface area contributed by atoms with Gasteiger partial charge in [0.05, 0.1) is 22.7 Å². The Bertz CT molecular complexity index is 1200. The maximum absolute atomic E-state index is 12.1. The van der Waals surface area contributed by atoms with Crippen LogP contribution in [0.3, 0.4) is 0 Å². The highest BCUT2D eigenvalue weighted by Crippen LogP contribution is 2.22. The van der Waals surface area contributed by atoms with E-state index in [0.29, 0.717) is 30.6 Å². The highest BCUT2D eigenvalue weighted by molar-refractivity contribution is 7.99. The van der Waals surface area contributed by atoms with Crippen molar-refractivity contribution in [3.8, 4) is 0 Å². The summed E-state index contributed by atoms with van der Waals surface area (Å²) >= 11 is 1.58. The number of non-ortho nitro benzene ring substituents is 1. The standard InChI is InChI=1S/C19H17N5O4S/c25-19-23(16-12-15(24(26)27)5-6-17(16)28-19)9-3-11-29-18-21-8-10-22(18)13-14-4-1-2-7-20-14/h1-2,4-8,10,12H,3,9,11,13H2. The molecule has 10 heteroatoms. The Morgan fingerprint density at radius 3 is 2.86 bits per heavy atom. The summed E-state index contributed by atoms with van der Waals surface area (Å²) in [5.74, 6) is 0.218. The molecule has 29 heavy (non-hydrogen) atoms. The van der Waals surface area contributed by atoms with Gasteiger partial charge in [-0.2, -0.15) is 0 Å². The number of aryl methyl sites for hydroxylation is 1. The minimum atomic E-state index is -0.512. The first-order valence-corrected chi connectivity index (χ1v) is 9.92. The van der Waals surface area contributed by atoms with Crippen molar-refractivity contribution in [1.82, 2.24) is 19.1 Å². The number of hydrogen-bond acceptors (Lipinski definition) is 7. The normalized spacial score (nSPS) is 11.2. The topological polar surface area (TPSA) is 109 Å². The van der Waals surface area contributed by atoms with Crippen molar-refractivity contribution in [2.75, 3.05) is 5.75 Å². The Hall–Kier alpha value is -3.40. The van der Waals surface area contributed by atoms with E-state index in [1.54, 1.807) is 24.2 Å². The molecule has 0 aliphatic rings. The van der Waals surface area contributed by atoms with Gasteiger partial charge in [-0.3, -0.25) is 19.7 Å². The molecule has 3 heterocycles. The second kappa shape index (κ2) is 8.31. The third-order valence-electron chi connectivity index (χ3n) is 4.35. The van der Waals surface area contributed by atoms with Crippen LogP contribution in [0, 0.1) is 10.1 Å². The molecule has 0 fully saturated rings. The predicted octanol–water partition coefficient (Wildman–Crippen LogP) is 3.32. The number of pyridine rings is 1. The second-order valence-electron chi connectivity index (χ2n) is 6.29. The number of aromatic nitrogens is 4. The maximum atomic E-state index is 12.1. The molecule has 3 aromatic heterocycles. The van der Waals surface area contributed by atoms with Crippen LogP contribution in [-0.2, 0) is 13.1 Å². The fourth-order valence-corrected chi connectivity index (χ4v) is 3.87. The number of imidazole rings is 1. The lowest BCUT2D eigenvalue weighted by Gasteiger charge is -2.07. The van der Waals surface area contributed by atoms with Gasteiger partial charge in [-0.1, -0.05) is 17.8 Å². The van der Waals surface area contributed by atoms with Gasteiger partial charge in [-0.15, -0.1) is 0 Å². The molecule has 0 saturated heterocycles. The largest absolute Gasteiger partial charge is 0.419 e. The van der Waals surface area contributed by atoms with Gasteiger partial charge in [0.2, 0.25) is 0 Å². The van der Waals surface area contributed by atoms with Crippen LogP contribution in [0.25, 0.3) is 11.1 Å². The van der Waals surface area contributed by atoms with Crippen LogP contribution in [0.2, 0.25) is 0 Å². The number of nitro benzene ring substituents is 1. The summed E-state index contributed by atoms with van der Waals surface area (Å²) in [6.07, 6.45) is 6.09. The molecular formula is C19H17N5O4S. The van der Waals surface area contributed by atoms with Gasteiger partial charge in [0.15, 0.2) is 10.7 Å². The van der Waals surface area contributed by atoms with Crippen LogP contribution in [0.15, 0.2) is 69.4 Å². The molecule has 0 bridgehead atoms. The van der Waals surface area contributed by atoms with E-state index in [2.05, 4.69) is 9.97 Å². The molecular weight excluding hydrogens is 394 g/mol. The maximum Gasteiger partial charge on any atom is 0.419 e. The average Bonchev–Trinajstić information content (AvgIpc) is 3.28. The number of fused-ring (bicyclic) bond motifs is 1. The number of benzene rings is 1. The molecule has 4 rings (SSSR count). The van der Waals surface area contributed by atoms with E-state index in [9.17, 15) is 14.9 Å². The SMILES string of the molecule is O=c1oc2ccc([N+](=O)[O-])cc2n1CCCSc1nccn1Cc1ccccn1. The third kappa shape index (κ3) is 4.21. The number of thioether (sulfide) groups is 1. The Labute approximate surface area is 169 Å². The molecule has 148 valence electrons. The molecule has 0 aliphatic heterocycles. The van der Waals surface area contributed by atoms with Gasteiger partial charge in [-0.25, -0.2) is 9.78 Å². The van der Waals surface area contributed by atoms with Gasteiger partial charge in [0, 0.05) is 43.0 Å². The summed E-state index contributed by atoms with van der Waals surface area (Å²) in [6, 6.07) is 9.94. The quantitative estimate of drug-likeness (QED) is 0.189. The van der Waals surface area contributed by atoms with Gasteiger partial charge >= 0.3 is 5.76 Å². The van der Waals surface area contributed by atoms with Crippen molar-refractivity contribution in [1.29, 1.82) is 0 Å². The van der Waals surface area contributed by atoms with Crippen molar-refractivity contribution in [2.45, 2.75) is 24.7 Å². The molecule has 0 radical (unpaired) electrons. The average molecular weight is 411 g/mol. The number of hydrogen-bond donors (Lipinski definition) is 0. The molecule has 9 nitrogen and oxygen atoms in total. The first kappa shape index (κ1) is 18.9. The van der Waals surface area contributed by atoms with Crippen molar-refractivity contribution >= 4 is 28.5 Å². The van der Waals surface area contributed by atoms with Crippen LogP contribution in [0.5, 0.6) is 0 Å². The number of nitro groups is 1. The molecule has 0 unspecified atom stereocenters. The summed E-state index contributed by atoms with van der Waals surface area (Å²) < 4.78 is 8.63. The molecule has 0 spiro atoms. The van der Waals surface area contributed by atoms with Gasteiger partial charge < -0.3 is 8.98 Å². The first-order valence-electron chi connectivity index (χ1n) is 8.93. The van der Waals surface area contributed by atoms with E-state index in [1.807, 2.05) is 29.0 Å². The minimum absolute atomic E-state index is 0.0713. The Morgan fingerprint density at radius 2 is 2.07 bits per heavy atom. The van der Waals surface area contributed by atoms with E-state index >= 15 is 0 Å². The fourth-order valence-electron chi connectivity index (χ4n) is 2.98. The summed E-state index contributed by atoms with van der Waals surface area (Å²) in [4.78, 5) is 31.3. The van der Waals surface area contributed by atoms with Crippen LogP contribution in [0.4, 0.5) is 5.69 Å². The van der Waals surface area contributed by atoms with E-state index in [0.717, 1.165) is 16.6 Å². The first-order chi connectivity index (χ1) is 14.1. The van der Waals surface area contributed by atoms with Gasteiger partial charge in [0.25, 0.3) is 5.69 Å². The minimum Gasteiger partial charge on any atom is -0.408 e. The van der Waals surface area contributed by atoms with Crippen molar-refractivity contribution in [2.24, 2.45) is 0 Å². The van der Waals surface area contributed by atoms with Crippen LogP contribution in [0.1, 0.15) is 12.1 Å². The molecule has 0 N–H and O–H groups in total. The number of rotatable bonds is 8. The monoisotopic (exact) mass is 411 g/mol. The lowest BCUT2D eigenvalue weighted by molar-refractivity contribution is -0.384. The summed E-state index contributed by atoms with van der Waals surface area (Å²) in [5.41, 5.74) is 1.66. The summed E-state index contributed by atoms with van der Waals surface area (Å²) in [5, 5.41) is 11.9. The number of oxazole rings is 1. The highest BCUT2D eigenvalue weighted by Gasteiger charge is 2.14. The Kier molecular flexibility index (Phi) is 5.43. The molecule has 0 aliphatic carbocycles. The lowest BCUT2D eigenvalue weighted by Crippen LogP contribution is -2.14. The van der Waals surface area contributed by atoms with Crippen molar-refractivity contribution < 1.29 is 9.34 Å². The second-order valence-corrected chi connectivity index (χ2v) is 7.35. The smallest absolute Gasteiger partial charge is 0.408 e. The Balaban J connectivity index is 1.40. The molecule has 0 amide bonds. The van der Waals surface area contributed by atoms with E-state index in [1.165, 1.54) is 22.8 Å². The molecule has 4 aromatic rings. The van der Waals surface area contributed by atoms with E-state index < -0.39 is 10.7 Å². The highest BCUT2D eigenvalue weighted by atomic mass is 32.2. The van der Waals surface area contributed by atoms with Crippen molar-refractivity contribution in [3.05, 3.63) is 81.3 Å².